The number of hydrogen-bond donors (Lipinski definition) is 2. The van der Waals surface area contributed by atoms with Gasteiger partial charge in [-0.3, -0.25) is 4.79 Å². The van der Waals surface area contributed by atoms with Gasteiger partial charge >= 0.3 is 5.97 Å². The molecule has 0 heterocycles. The zero-order valence-corrected chi connectivity index (χ0v) is 12.0. The molecule has 0 aromatic carbocycles. The van der Waals surface area contributed by atoms with Gasteiger partial charge in [0.15, 0.2) is 0 Å². The predicted molar refractivity (Wildman–Crippen MR) is 74.8 cm³/mol. The summed E-state index contributed by atoms with van der Waals surface area (Å²) in [5, 5.41) is 11.5. The van der Waals surface area contributed by atoms with Crippen molar-refractivity contribution in [3.63, 3.8) is 0 Å². The first-order valence-corrected chi connectivity index (χ1v) is 7.69. The van der Waals surface area contributed by atoms with Crippen molar-refractivity contribution in [3.8, 4) is 0 Å². The van der Waals surface area contributed by atoms with Crippen molar-refractivity contribution in [1.82, 2.24) is 5.32 Å². The van der Waals surface area contributed by atoms with Gasteiger partial charge in [-0.15, -0.1) is 0 Å². The first-order valence-electron chi connectivity index (χ1n) is 7.69. The molecule has 20 heavy (non-hydrogen) atoms. The van der Waals surface area contributed by atoms with Crippen LogP contribution >= 0.6 is 0 Å². The molecular formula is C16H23NO3. The maximum absolute atomic E-state index is 12.2. The quantitative estimate of drug-likeness (QED) is 0.776. The molecule has 2 N–H and O–H groups in total. The topological polar surface area (TPSA) is 66.4 Å². The fraction of sp³-hybridized carbons (Fsp3) is 0.750. The van der Waals surface area contributed by atoms with E-state index in [0.29, 0.717) is 6.42 Å². The number of allylic oxidation sites excluding steroid dienone is 1. The second-order valence-electron chi connectivity index (χ2n) is 7.15. The fourth-order valence-corrected chi connectivity index (χ4v) is 5.29. The van der Waals surface area contributed by atoms with Gasteiger partial charge in [0, 0.05) is 6.42 Å². The molecule has 4 fully saturated rings. The van der Waals surface area contributed by atoms with E-state index in [4.69, 9.17) is 5.11 Å². The Morgan fingerprint density at radius 2 is 1.65 bits per heavy atom. The van der Waals surface area contributed by atoms with Crippen molar-refractivity contribution in [2.24, 2.45) is 23.2 Å². The maximum Gasteiger partial charge on any atom is 0.352 e. The van der Waals surface area contributed by atoms with Crippen LogP contribution in [0.2, 0.25) is 0 Å². The zero-order valence-electron chi connectivity index (χ0n) is 12.0. The minimum atomic E-state index is -1.06. The molecule has 4 rings (SSSR count). The molecule has 0 aromatic rings. The molecule has 110 valence electrons. The van der Waals surface area contributed by atoms with Crippen LogP contribution in [0.3, 0.4) is 0 Å². The molecule has 0 spiro atoms. The summed E-state index contributed by atoms with van der Waals surface area (Å²) in [4.78, 5) is 23.1. The van der Waals surface area contributed by atoms with Crippen LogP contribution in [0, 0.1) is 23.2 Å². The van der Waals surface area contributed by atoms with Crippen molar-refractivity contribution in [1.29, 1.82) is 0 Å². The highest BCUT2D eigenvalue weighted by molar-refractivity contribution is 5.92. The summed E-state index contributed by atoms with van der Waals surface area (Å²) in [6.45, 7) is 1.63. The Labute approximate surface area is 119 Å². The summed E-state index contributed by atoms with van der Waals surface area (Å²) < 4.78 is 0. The summed E-state index contributed by atoms with van der Waals surface area (Å²) in [5.74, 6) is 1.26. The van der Waals surface area contributed by atoms with E-state index in [1.807, 2.05) is 0 Å². The van der Waals surface area contributed by atoms with E-state index < -0.39 is 5.97 Å². The number of amides is 1. The lowest BCUT2D eigenvalue weighted by Crippen LogP contribution is -2.48. The Bertz CT molecular complexity index is 431. The lowest BCUT2D eigenvalue weighted by Gasteiger charge is -2.56. The van der Waals surface area contributed by atoms with Crippen LogP contribution in [-0.4, -0.2) is 17.0 Å². The van der Waals surface area contributed by atoms with E-state index in [1.54, 1.807) is 6.92 Å². The van der Waals surface area contributed by atoms with Crippen LogP contribution in [0.15, 0.2) is 11.8 Å². The Morgan fingerprint density at radius 3 is 2.05 bits per heavy atom. The van der Waals surface area contributed by atoms with Crippen molar-refractivity contribution in [2.75, 3.05) is 0 Å². The Kier molecular flexibility index (Phi) is 3.35. The number of carbonyl (C=O) groups excluding carboxylic acids is 1. The highest BCUT2D eigenvalue weighted by Crippen LogP contribution is 2.61. The van der Waals surface area contributed by atoms with Crippen LogP contribution in [0.5, 0.6) is 0 Å². The van der Waals surface area contributed by atoms with Gasteiger partial charge in [-0.25, -0.2) is 4.79 Å². The minimum Gasteiger partial charge on any atom is -0.477 e. The van der Waals surface area contributed by atoms with Gasteiger partial charge < -0.3 is 10.4 Å². The van der Waals surface area contributed by atoms with E-state index in [-0.39, 0.29) is 17.0 Å². The molecule has 4 aliphatic rings. The first-order chi connectivity index (χ1) is 9.49. The number of aliphatic carboxylic acids is 1. The third kappa shape index (κ3) is 2.48. The largest absolute Gasteiger partial charge is 0.477 e. The summed E-state index contributed by atoms with van der Waals surface area (Å²) in [5.41, 5.74) is 0.163. The number of nitrogens with one attached hydrogen (secondary N) is 1. The average molecular weight is 277 g/mol. The van der Waals surface area contributed by atoms with E-state index in [9.17, 15) is 9.59 Å². The first kappa shape index (κ1) is 13.7. The normalized spacial score (nSPS) is 38.9. The van der Waals surface area contributed by atoms with E-state index in [2.05, 4.69) is 5.32 Å². The van der Waals surface area contributed by atoms with Gasteiger partial charge in [0.05, 0.1) is 0 Å². The van der Waals surface area contributed by atoms with Crippen molar-refractivity contribution in [2.45, 2.75) is 51.9 Å². The van der Waals surface area contributed by atoms with E-state index >= 15 is 0 Å². The van der Waals surface area contributed by atoms with Crippen LogP contribution < -0.4 is 5.32 Å². The second kappa shape index (κ2) is 4.90. The number of carboxylic acid groups (broad SMARTS) is 1. The predicted octanol–water partition coefficient (Wildman–Crippen LogP) is 2.70. The van der Waals surface area contributed by atoms with Crippen LogP contribution in [-0.2, 0) is 9.59 Å². The SMILES string of the molecule is C/C=C(\NC(=O)CC12CC3CC(CC(C3)C1)C2)C(=O)O. The molecule has 0 unspecified atom stereocenters. The van der Waals surface area contributed by atoms with Gasteiger partial charge in [0.25, 0.3) is 0 Å². The molecule has 0 aliphatic heterocycles. The lowest BCUT2D eigenvalue weighted by molar-refractivity contribution is -0.136. The molecular weight excluding hydrogens is 254 g/mol. The number of carbonyl (C=O) groups is 2. The standard InChI is InChI=1S/C16H23NO3/c1-2-13(15(19)20)17-14(18)9-16-6-10-3-11(7-16)5-12(4-10)8-16/h2,10-12H,3-9H2,1H3,(H,17,18)(H,19,20)/b13-2-. The zero-order chi connectivity index (χ0) is 14.3. The number of rotatable bonds is 4. The maximum atomic E-state index is 12.2. The number of carboxylic acids is 1. The van der Waals surface area contributed by atoms with E-state index in [1.165, 1.54) is 44.6 Å². The molecule has 0 atom stereocenters. The fourth-order valence-electron chi connectivity index (χ4n) is 5.29. The molecule has 0 saturated heterocycles. The van der Waals surface area contributed by atoms with Gasteiger partial charge in [-0.05, 0) is 68.6 Å². The van der Waals surface area contributed by atoms with Crippen LogP contribution in [0.4, 0.5) is 0 Å². The van der Waals surface area contributed by atoms with Crippen LogP contribution in [0.1, 0.15) is 51.9 Å². The Hall–Kier alpha value is -1.32. The second-order valence-corrected chi connectivity index (χ2v) is 7.15. The molecule has 1 amide bonds. The molecule has 4 aliphatic carbocycles. The minimum absolute atomic E-state index is 0.000252. The third-order valence-electron chi connectivity index (χ3n) is 5.49. The van der Waals surface area contributed by atoms with Crippen molar-refractivity contribution < 1.29 is 14.7 Å². The van der Waals surface area contributed by atoms with Gasteiger partial charge in [0.2, 0.25) is 5.91 Å². The molecule has 4 saturated carbocycles. The highest BCUT2D eigenvalue weighted by Gasteiger charge is 2.51. The third-order valence-corrected chi connectivity index (χ3v) is 5.49. The van der Waals surface area contributed by atoms with Crippen molar-refractivity contribution >= 4 is 11.9 Å². The summed E-state index contributed by atoms with van der Waals surface area (Å²) in [7, 11) is 0. The van der Waals surface area contributed by atoms with E-state index in [0.717, 1.165) is 17.8 Å². The summed E-state index contributed by atoms with van der Waals surface area (Å²) in [6.07, 6.45) is 9.53. The molecule has 0 aromatic heterocycles. The van der Waals surface area contributed by atoms with Gasteiger partial charge in [0.1, 0.15) is 5.70 Å². The Morgan fingerprint density at radius 1 is 1.15 bits per heavy atom. The number of hydrogen-bond acceptors (Lipinski definition) is 2. The molecule has 4 nitrogen and oxygen atoms in total. The highest BCUT2D eigenvalue weighted by atomic mass is 16.4. The average Bonchev–Trinajstić information content (AvgIpc) is 2.33. The summed E-state index contributed by atoms with van der Waals surface area (Å²) >= 11 is 0. The molecule has 0 radical (unpaired) electrons. The lowest BCUT2D eigenvalue weighted by atomic mass is 9.49. The van der Waals surface area contributed by atoms with Gasteiger partial charge in [-0.2, -0.15) is 0 Å². The smallest absolute Gasteiger partial charge is 0.352 e. The molecule has 4 heteroatoms. The summed E-state index contributed by atoms with van der Waals surface area (Å²) in [6, 6.07) is 0. The Balaban J connectivity index is 1.65. The molecule has 4 bridgehead atoms. The van der Waals surface area contributed by atoms with Crippen molar-refractivity contribution in [3.05, 3.63) is 11.8 Å². The van der Waals surface area contributed by atoms with Crippen LogP contribution in [0.25, 0.3) is 0 Å². The van der Waals surface area contributed by atoms with Gasteiger partial charge in [-0.1, -0.05) is 6.08 Å². The monoisotopic (exact) mass is 277 g/mol.